The lowest BCUT2D eigenvalue weighted by Gasteiger charge is -2.26. The Hall–Kier alpha value is -4.42. The first-order valence-corrected chi connectivity index (χ1v) is 14.4. The average Bonchev–Trinajstić information content (AvgIpc) is 3.36. The zero-order chi connectivity index (χ0) is 31.8. The van der Waals surface area contributed by atoms with Gasteiger partial charge in [-0.1, -0.05) is 50.3 Å². The number of ether oxygens (including phenoxy) is 2. The lowest BCUT2D eigenvalue weighted by atomic mass is 9.96. The number of hydrogen-bond acceptors (Lipinski definition) is 8. The molecule has 13 nitrogen and oxygen atoms in total. The Kier molecular flexibility index (Phi) is 14.7. The van der Waals surface area contributed by atoms with Gasteiger partial charge in [-0.15, -0.1) is 0 Å². The number of amides is 4. The minimum atomic E-state index is -1.29. The SMILES string of the molecule is CCOC(=O)/C=C/[C@H](C[C@@H]1CCNC1=O)NC(=O)[C@H](CC(C)C)NC(=O)[C@H](CCC(=O)O)NC(=O)OCc1ccccc1. The molecule has 0 bridgehead atoms. The molecule has 4 atom stereocenters. The van der Waals surface area contributed by atoms with Crippen LogP contribution in [0.15, 0.2) is 42.5 Å². The molecule has 1 aliphatic heterocycles. The minimum Gasteiger partial charge on any atom is -0.481 e. The van der Waals surface area contributed by atoms with Crippen LogP contribution in [0.4, 0.5) is 4.79 Å². The summed E-state index contributed by atoms with van der Waals surface area (Å²) in [6.45, 7) is 6.00. The van der Waals surface area contributed by atoms with Crippen molar-refractivity contribution in [3.63, 3.8) is 0 Å². The summed E-state index contributed by atoms with van der Waals surface area (Å²) >= 11 is 0. The molecule has 0 unspecified atom stereocenters. The van der Waals surface area contributed by atoms with Crippen molar-refractivity contribution in [3.8, 4) is 0 Å². The van der Waals surface area contributed by atoms with Crippen LogP contribution in [0, 0.1) is 11.8 Å². The Bertz CT molecular complexity index is 1140. The molecule has 4 amide bonds. The Balaban J connectivity index is 2.14. The summed E-state index contributed by atoms with van der Waals surface area (Å²) in [5, 5.41) is 19.8. The highest BCUT2D eigenvalue weighted by Gasteiger charge is 2.31. The third-order valence-electron chi connectivity index (χ3n) is 6.59. The molecule has 43 heavy (non-hydrogen) atoms. The largest absolute Gasteiger partial charge is 0.481 e. The van der Waals surface area contributed by atoms with Gasteiger partial charge in [0.15, 0.2) is 0 Å². The fraction of sp³-hybridized carbons (Fsp3) is 0.533. The summed E-state index contributed by atoms with van der Waals surface area (Å²) in [5.41, 5.74) is 0.722. The second-order valence-electron chi connectivity index (χ2n) is 10.6. The molecule has 0 aliphatic carbocycles. The van der Waals surface area contributed by atoms with Gasteiger partial charge in [0.05, 0.1) is 6.61 Å². The van der Waals surface area contributed by atoms with E-state index in [2.05, 4.69) is 21.3 Å². The number of benzene rings is 1. The van der Waals surface area contributed by atoms with Crippen molar-refractivity contribution in [2.24, 2.45) is 11.8 Å². The van der Waals surface area contributed by atoms with Crippen LogP contribution < -0.4 is 21.3 Å². The van der Waals surface area contributed by atoms with Crippen LogP contribution >= 0.6 is 0 Å². The second-order valence-corrected chi connectivity index (χ2v) is 10.6. The zero-order valence-corrected chi connectivity index (χ0v) is 24.8. The van der Waals surface area contributed by atoms with Crippen molar-refractivity contribution in [2.75, 3.05) is 13.2 Å². The van der Waals surface area contributed by atoms with Gasteiger partial charge in [0.25, 0.3) is 0 Å². The molecule has 1 fully saturated rings. The highest BCUT2D eigenvalue weighted by Crippen LogP contribution is 2.17. The fourth-order valence-corrected chi connectivity index (χ4v) is 4.45. The number of rotatable bonds is 17. The molecular formula is C30H42N4O9. The van der Waals surface area contributed by atoms with E-state index in [-0.39, 0.29) is 50.2 Å². The van der Waals surface area contributed by atoms with Gasteiger partial charge in [0.2, 0.25) is 17.7 Å². The number of carbonyl (C=O) groups excluding carboxylic acids is 5. The molecular weight excluding hydrogens is 560 g/mol. The summed E-state index contributed by atoms with van der Waals surface area (Å²) in [7, 11) is 0. The number of hydrogen-bond donors (Lipinski definition) is 5. The van der Waals surface area contributed by atoms with E-state index in [1.54, 1.807) is 31.2 Å². The average molecular weight is 603 g/mol. The summed E-state index contributed by atoms with van der Waals surface area (Å²) in [6.07, 6.45) is 2.09. The highest BCUT2D eigenvalue weighted by atomic mass is 16.5. The predicted octanol–water partition coefficient (Wildman–Crippen LogP) is 1.81. The first-order valence-electron chi connectivity index (χ1n) is 14.4. The van der Waals surface area contributed by atoms with Gasteiger partial charge in [0, 0.05) is 31.0 Å². The molecule has 0 radical (unpaired) electrons. The van der Waals surface area contributed by atoms with Gasteiger partial charge in [-0.25, -0.2) is 9.59 Å². The van der Waals surface area contributed by atoms with E-state index in [1.165, 1.54) is 12.2 Å². The van der Waals surface area contributed by atoms with Gasteiger partial charge in [-0.2, -0.15) is 0 Å². The maximum atomic E-state index is 13.4. The van der Waals surface area contributed by atoms with Crippen molar-refractivity contribution in [1.82, 2.24) is 21.3 Å². The molecule has 1 aromatic carbocycles. The van der Waals surface area contributed by atoms with E-state index >= 15 is 0 Å². The van der Waals surface area contributed by atoms with E-state index in [1.807, 2.05) is 19.9 Å². The van der Waals surface area contributed by atoms with E-state index < -0.39 is 54.4 Å². The molecule has 0 spiro atoms. The van der Waals surface area contributed by atoms with Crippen LogP contribution in [-0.4, -0.2) is 72.1 Å². The van der Waals surface area contributed by atoms with E-state index in [4.69, 9.17) is 14.6 Å². The van der Waals surface area contributed by atoms with Gasteiger partial charge < -0.3 is 35.8 Å². The molecule has 236 valence electrons. The Morgan fingerprint density at radius 2 is 1.72 bits per heavy atom. The quantitative estimate of drug-likeness (QED) is 0.131. The molecule has 13 heteroatoms. The lowest BCUT2D eigenvalue weighted by Crippen LogP contribution is -2.55. The number of carboxylic acid groups (broad SMARTS) is 1. The third-order valence-corrected chi connectivity index (χ3v) is 6.59. The minimum absolute atomic E-state index is 0.0357. The van der Waals surface area contributed by atoms with Crippen LogP contribution in [0.2, 0.25) is 0 Å². The lowest BCUT2D eigenvalue weighted by molar-refractivity contribution is -0.138. The van der Waals surface area contributed by atoms with Crippen molar-refractivity contribution in [1.29, 1.82) is 0 Å². The van der Waals surface area contributed by atoms with Crippen LogP contribution in [-0.2, 0) is 40.1 Å². The Morgan fingerprint density at radius 3 is 2.33 bits per heavy atom. The molecule has 1 aromatic rings. The van der Waals surface area contributed by atoms with Crippen molar-refractivity contribution >= 4 is 35.8 Å². The molecule has 1 heterocycles. The number of carbonyl (C=O) groups is 6. The van der Waals surface area contributed by atoms with E-state index in [0.29, 0.717) is 13.0 Å². The number of aliphatic carboxylic acids is 1. The summed E-state index contributed by atoms with van der Waals surface area (Å²) < 4.78 is 10.1. The van der Waals surface area contributed by atoms with Crippen LogP contribution in [0.5, 0.6) is 0 Å². The Morgan fingerprint density at radius 1 is 1.02 bits per heavy atom. The fourth-order valence-electron chi connectivity index (χ4n) is 4.45. The number of esters is 1. The van der Waals surface area contributed by atoms with Crippen molar-refractivity contribution < 1.29 is 43.3 Å². The maximum Gasteiger partial charge on any atom is 0.408 e. The number of nitrogens with one attached hydrogen (secondary N) is 4. The highest BCUT2D eigenvalue weighted by molar-refractivity contribution is 5.92. The standard InChI is InChI=1S/C30H42N4O9/c1-4-42-26(37)13-10-22(17-21-14-15-31-27(21)38)32-29(40)24(16-19(2)3)33-28(39)23(11-12-25(35)36)34-30(41)43-18-20-8-6-5-7-9-20/h5-10,13,19,21-24H,4,11-12,14-18H2,1-3H3,(H,31,38)(H,32,40)(H,33,39)(H,34,41)(H,35,36)/b13-10+/t21-,22+,23-,24-/m0/s1. The normalized spacial score (nSPS) is 16.6. The second kappa shape index (κ2) is 18.2. The van der Waals surface area contributed by atoms with E-state index in [0.717, 1.165) is 5.56 Å². The van der Waals surface area contributed by atoms with Gasteiger partial charge in [-0.05, 0) is 44.1 Å². The first-order chi connectivity index (χ1) is 20.5. The van der Waals surface area contributed by atoms with Gasteiger partial charge in [0.1, 0.15) is 18.7 Å². The van der Waals surface area contributed by atoms with Crippen LogP contribution in [0.3, 0.4) is 0 Å². The van der Waals surface area contributed by atoms with Crippen LogP contribution in [0.1, 0.15) is 58.4 Å². The smallest absolute Gasteiger partial charge is 0.408 e. The number of alkyl carbamates (subject to hydrolysis) is 1. The third kappa shape index (κ3) is 13.4. The topological polar surface area (TPSA) is 189 Å². The van der Waals surface area contributed by atoms with Gasteiger partial charge in [-0.3, -0.25) is 19.2 Å². The summed E-state index contributed by atoms with van der Waals surface area (Å²) in [6, 6.07) is 5.81. The molecule has 1 aliphatic rings. The number of carboxylic acids is 1. The maximum absolute atomic E-state index is 13.4. The van der Waals surface area contributed by atoms with Crippen molar-refractivity contribution in [2.45, 2.75) is 77.6 Å². The molecule has 0 aromatic heterocycles. The van der Waals surface area contributed by atoms with Crippen LogP contribution in [0.25, 0.3) is 0 Å². The molecule has 0 saturated carbocycles. The zero-order valence-electron chi connectivity index (χ0n) is 24.8. The summed E-state index contributed by atoms with van der Waals surface area (Å²) in [4.78, 5) is 74.5. The molecule has 1 saturated heterocycles. The van der Waals surface area contributed by atoms with Gasteiger partial charge >= 0.3 is 18.0 Å². The molecule has 5 N–H and O–H groups in total. The predicted molar refractivity (Wildman–Crippen MR) is 155 cm³/mol. The monoisotopic (exact) mass is 602 g/mol. The summed E-state index contributed by atoms with van der Waals surface area (Å²) in [5.74, 6) is -3.65. The first kappa shape index (κ1) is 34.8. The Labute approximate surface area is 251 Å². The molecule has 2 rings (SSSR count). The van der Waals surface area contributed by atoms with Crippen molar-refractivity contribution in [3.05, 3.63) is 48.0 Å². The van der Waals surface area contributed by atoms with E-state index in [9.17, 15) is 28.8 Å².